The maximum Gasteiger partial charge on any atom is 0.261 e. The van der Waals surface area contributed by atoms with E-state index in [0.717, 1.165) is 5.56 Å². The van der Waals surface area contributed by atoms with Crippen LogP contribution in [0.5, 0.6) is 0 Å². The Morgan fingerprint density at radius 3 is 2.35 bits per heavy atom. The number of carbonyl (C=O) groups is 1. The molecule has 0 aliphatic heterocycles. The maximum absolute atomic E-state index is 11.6. The molecule has 1 atom stereocenters. The molecule has 20 heavy (non-hydrogen) atoms. The summed E-state index contributed by atoms with van der Waals surface area (Å²) in [5.41, 5.74) is 6.78. The number of primary amides is 1. The Morgan fingerprint density at radius 1 is 1.25 bits per heavy atom. The van der Waals surface area contributed by atoms with E-state index in [0.29, 0.717) is 16.2 Å². The van der Waals surface area contributed by atoms with Crippen LogP contribution in [0.2, 0.25) is 0 Å². The number of carbonyl (C=O) groups excluding carboxylic acids is 1. The topological polar surface area (TPSA) is 93.0 Å². The second-order valence-corrected chi connectivity index (χ2v) is 5.77. The molecule has 0 aliphatic carbocycles. The normalized spacial score (nSPS) is 12.1. The fraction of sp³-hybridized carbons (Fsp3) is 0.143. The molecule has 0 fully saturated rings. The minimum absolute atomic E-state index is 0.0752. The zero-order valence-corrected chi connectivity index (χ0v) is 11.9. The van der Waals surface area contributed by atoms with Gasteiger partial charge >= 0.3 is 0 Å². The Balaban J connectivity index is 2.57. The van der Waals surface area contributed by atoms with Crippen LogP contribution in [0, 0.1) is 6.92 Å². The zero-order chi connectivity index (χ0) is 14.9. The van der Waals surface area contributed by atoms with Crippen LogP contribution in [0.15, 0.2) is 40.0 Å². The van der Waals surface area contributed by atoms with E-state index in [4.69, 9.17) is 5.73 Å². The van der Waals surface area contributed by atoms with Gasteiger partial charge in [-0.15, -0.1) is 0 Å². The van der Waals surface area contributed by atoms with E-state index in [1.807, 2.05) is 0 Å². The first-order valence-corrected chi connectivity index (χ1v) is 7.43. The number of rotatable bonds is 3. The molecule has 0 radical (unpaired) electrons. The van der Waals surface area contributed by atoms with Crippen molar-refractivity contribution in [1.29, 1.82) is 0 Å². The van der Waals surface area contributed by atoms with E-state index < -0.39 is 22.3 Å². The van der Waals surface area contributed by atoms with Crippen molar-refractivity contribution < 1.29 is 9.00 Å². The third kappa shape index (κ3) is 2.70. The molecule has 1 amide bonds. The Bertz CT molecular complexity index is 748. The first-order valence-electron chi connectivity index (χ1n) is 5.87. The van der Waals surface area contributed by atoms with Crippen molar-refractivity contribution in [1.82, 2.24) is 4.98 Å². The Morgan fingerprint density at radius 2 is 1.85 bits per heavy atom. The Labute approximate surface area is 118 Å². The second-order valence-electron chi connectivity index (χ2n) is 4.39. The van der Waals surface area contributed by atoms with E-state index in [2.05, 4.69) is 4.98 Å². The molecule has 1 aromatic carbocycles. The lowest BCUT2D eigenvalue weighted by Gasteiger charge is -2.08. The minimum Gasteiger partial charge on any atom is -0.365 e. The molecule has 104 valence electrons. The Hall–Kier alpha value is -2.21. The van der Waals surface area contributed by atoms with E-state index in [-0.39, 0.29) is 5.56 Å². The van der Waals surface area contributed by atoms with Gasteiger partial charge in [-0.1, -0.05) is 12.1 Å². The number of hydrogen-bond donors (Lipinski definition) is 2. The summed E-state index contributed by atoms with van der Waals surface area (Å²) in [4.78, 5) is 26.2. The average molecular weight is 290 g/mol. The molecular weight excluding hydrogens is 276 g/mol. The molecule has 0 bridgehead atoms. The highest BCUT2D eigenvalue weighted by Gasteiger charge is 2.11. The molecule has 3 N–H and O–H groups in total. The highest BCUT2D eigenvalue weighted by Crippen LogP contribution is 2.23. The Kier molecular flexibility index (Phi) is 3.85. The van der Waals surface area contributed by atoms with E-state index in [1.165, 1.54) is 6.07 Å². The molecule has 0 saturated heterocycles. The number of nitrogens with two attached hydrogens (primary N) is 1. The van der Waals surface area contributed by atoms with Crippen molar-refractivity contribution in [2.45, 2.75) is 11.8 Å². The van der Waals surface area contributed by atoms with Crippen LogP contribution in [-0.2, 0) is 10.8 Å². The van der Waals surface area contributed by atoms with Crippen LogP contribution in [0.1, 0.15) is 16.1 Å². The van der Waals surface area contributed by atoms with Gasteiger partial charge in [-0.3, -0.25) is 13.8 Å². The number of aryl methyl sites for hydroxylation is 1. The predicted octanol–water partition coefficient (Wildman–Crippen LogP) is 1.19. The molecule has 0 spiro atoms. The number of aromatic nitrogens is 1. The summed E-state index contributed by atoms with van der Waals surface area (Å²) in [6.45, 7) is 1.74. The summed E-state index contributed by atoms with van der Waals surface area (Å²) >= 11 is 0. The fourth-order valence-electron chi connectivity index (χ4n) is 1.93. The summed E-state index contributed by atoms with van der Waals surface area (Å²) in [7, 11) is -1.05. The van der Waals surface area contributed by atoms with Crippen LogP contribution in [0.4, 0.5) is 0 Å². The van der Waals surface area contributed by atoms with Crippen LogP contribution < -0.4 is 11.3 Å². The summed E-state index contributed by atoms with van der Waals surface area (Å²) in [5.74, 6) is -0.765. The van der Waals surface area contributed by atoms with Crippen LogP contribution in [0.3, 0.4) is 0 Å². The molecule has 0 aliphatic rings. The first-order chi connectivity index (χ1) is 9.40. The van der Waals surface area contributed by atoms with Gasteiger partial charge in [-0.05, 0) is 30.7 Å². The van der Waals surface area contributed by atoms with E-state index >= 15 is 0 Å². The van der Waals surface area contributed by atoms with Gasteiger partial charge in [-0.25, -0.2) is 0 Å². The van der Waals surface area contributed by atoms with E-state index in [1.54, 1.807) is 37.4 Å². The van der Waals surface area contributed by atoms with E-state index in [9.17, 15) is 13.8 Å². The molecular formula is C14H14N2O3S. The number of H-pyrrole nitrogens is 1. The lowest BCUT2D eigenvalue weighted by molar-refractivity contribution is 0.0999. The number of aromatic amines is 1. The van der Waals surface area contributed by atoms with Gasteiger partial charge in [0, 0.05) is 33.2 Å². The third-order valence-corrected chi connectivity index (χ3v) is 3.94. The highest BCUT2D eigenvalue weighted by atomic mass is 32.2. The van der Waals surface area contributed by atoms with Gasteiger partial charge in [0.25, 0.3) is 11.5 Å². The highest BCUT2D eigenvalue weighted by molar-refractivity contribution is 7.84. The predicted molar refractivity (Wildman–Crippen MR) is 78.1 cm³/mol. The molecule has 1 heterocycles. The number of amides is 1. The number of nitrogens with one attached hydrogen (secondary N) is 1. The zero-order valence-electron chi connectivity index (χ0n) is 11.1. The van der Waals surface area contributed by atoms with Gasteiger partial charge in [-0.2, -0.15) is 0 Å². The van der Waals surface area contributed by atoms with Crippen LogP contribution in [0.25, 0.3) is 11.1 Å². The fourth-order valence-corrected chi connectivity index (χ4v) is 2.45. The third-order valence-electron chi connectivity index (χ3n) is 3.00. The monoisotopic (exact) mass is 290 g/mol. The van der Waals surface area contributed by atoms with Crippen LogP contribution >= 0.6 is 0 Å². The molecule has 2 rings (SSSR count). The summed E-state index contributed by atoms with van der Waals surface area (Å²) in [6, 6.07) is 8.57. The molecule has 1 unspecified atom stereocenters. The molecule has 2 aromatic rings. The smallest absolute Gasteiger partial charge is 0.261 e. The summed E-state index contributed by atoms with van der Waals surface area (Å²) < 4.78 is 11.4. The van der Waals surface area contributed by atoms with Gasteiger partial charge in [0.2, 0.25) is 0 Å². The maximum atomic E-state index is 11.6. The van der Waals surface area contributed by atoms with Crippen molar-refractivity contribution in [2.75, 3.05) is 6.26 Å². The van der Waals surface area contributed by atoms with Crippen molar-refractivity contribution >= 4 is 16.7 Å². The largest absolute Gasteiger partial charge is 0.365 e. The average Bonchev–Trinajstić information content (AvgIpc) is 2.38. The minimum atomic E-state index is -1.05. The number of pyridine rings is 1. The standard InChI is InChI=1S/C14H14N2O3S/c1-8-11(7-12(13(15)17)14(18)16-8)9-3-5-10(6-4-9)20(2)19/h3-7H,1-2H3,(H2,15,17)(H,16,18). The van der Waals surface area contributed by atoms with Gasteiger partial charge in [0.1, 0.15) is 5.56 Å². The lowest BCUT2D eigenvalue weighted by Crippen LogP contribution is -2.24. The van der Waals surface area contributed by atoms with Crippen LogP contribution in [-0.4, -0.2) is 21.4 Å². The van der Waals surface area contributed by atoms with Crippen molar-refractivity contribution in [3.05, 3.63) is 51.9 Å². The lowest BCUT2D eigenvalue weighted by atomic mass is 10.0. The molecule has 5 nitrogen and oxygen atoms in total. The SMILES string of the molecule is Cc1[nH]c(=O)c(C(N)=O)cc1-c1ccc(S(C)=O)cc1. The van der Waals surface area contributed by atoms with Gasteiger partial charge in [0.05, 0.1) is 0 Å². The summed E-state index contributed by atoms with van der Waals surface area (Å²) in [5, 5.41) is 0. The molecule has 1 aromatic heterocycles. The quantitative estimate of drug-likeness (QED) is 0.889. The number of benzene rings is 1. The number of hydrogen-bond acceptors (Lipinski definition) is 3. The molecule has 6 heteroatoms. The summed E-state index contributed by atoms with van der Waals surface area (Å²) in [6.07, 6.45) is 1.60. The van der Waals surface area contributed by atoms with Crippen molar-refractivity contribution in [3.8, 4) is 11.1 Å². The van der Waals surface area contributed by atoms with Gasteiger partial charge in [0.15, 0.2) is 0 Å². The van der Waals surface area contributed by atoms with Crippen molar-refractivity contribution in [3.63, 3.8) is 0 Å². The first kappa shape index (κ1) is 14.2. The second kappa shape index (κ2) is 5.42. The van der Waals surface area contributed by atoms with Crippen molar-refractivity contribution in [2.24, 2.45) is 5.73 Å². The van der Waals surface area contributed by atoms with Gasteiger partial charge < -0.3 is 10.7 Å². The molecule has 0 saturated carbocycles.